The van der Waals surface area contributed by atoms with Gasteiger partial charge in [-0.15, -0.1) is 0 Å². The second-order valence-electron chi connectivity index (χ2n) is 9.89. The molecule has 1 aliphatic rings. The molecule has 8 nitrogen and oxygen atoms in total. The Morgan fingerprint density at radius 2 is 1.73 bits per heavy atom. The predicted octanol–water partition coefficient (Wildman–Crippen LogP) is 4.56. The van der Waals surface area contributed by atoms with Crippen LogP contribution in [0.25, 0.3) is 0 Å². The molecule has 3 N–H and O–H groups in total. The van der Waals surface area contributed by atoms with Crippen LogP contribution in [-0.4, -0.2) is 60.7 Å². The minimum absolute atomic E-state index is 0.0299. The Morgan fingerprint density at radius 1 is 1.05 bits per heavy atom. The number of nitrogens with two attached hydrogens (primary N) is 1. The van der Waals surface area contributed by atoms with Gasteiger partial charge >= 0.3 is 0 Å². The number of aryl methyl sites for hydroxylation is 1. The number of hydrazine groups is 1. The number of amides is 2. The maximum atomic E-state index is 13.7. The molecule has 2 unspecified atom stereocenters. The number of aliphatic imine (C=N–C) groups is 1. The predicted molar refractivity (Wildman–Crippen MR) is 150 cm³/mol. The number of halogens is 3. The number of carbonyl (C=O) groups is 2. The highest BCUT2D eigenvalue weighted by Gasteiger charge is 2.39. The van der Waals surface area contributed by atoms with Gasteiger partial charge in [0.15, 0.2) is 11.6 Å². The summed E-state index contributed by atoms with van der Waals surface area (Å²) in [6.45, 7) is 0.515. The molecule has 1 fully saturated rings. The highest BCUT2D eigenvalue weighted by Crippen LogP contribution is 2.29. The van der Waals surface area contributed by atoms with Gasteiger partial charge in [-0.25, -0.2) is 18.2 Å². The van der Waals surface area contributed by atoms with E-state index >= 15 is 0 Å². The fourth-order valence-electron chi connectivity index (χ4n) is 4.71. The van der Waals surface area contributed by atoms with Crippen molar-refractivity contribution in [2.45, 2.75) is 25.3 Å². The standard InChI is InChI=1S/C30H32F3N5O3/c1-35-14-15-37(34)19-29(39)38-18-21(3-2-20-4-13-26(32)27(33)16-20)17-28(38)30(40)36-23-7-11-25(12-8-23)41-24-9-5-22(31)6-10-24/h4-14,16,21,28H,2-3,15,17-19,34H2,1H3,(H,36,40). The van der Waals surface area contributed by atoms with Crippen molar-refractivity contribution in [3.05, 3.63) is 89.7 Å². The Morgan fingerprint density at radius 3 is 2.39 bits per heavy atom. The Hall–Kier alpha value is -4.22. The maximum absolute atomic E-state index is 13.7. The molecule has 0 spiro atoms. The van der Waals surface area contributed by atoms with Gasteiger partial charge in [-0.2, -0.15) is 0 Å². The molecule has 0 bridgehead atoms. The van der Waals surface area contributed by atoms with Crippen LogP contribution in [0.2, 0.25) is 0 Å². The molecule has 0 aliphatic carbocycles. The first-order chi connectivity index (χ1) is 19.7. The summed E-state index contributed by atoms with van der Waals surface area (Å²) in [5, 5.41) is 4.19. The first-order valence-electron chi connectivity index (χ1n) is 13.2. The lowest BCUT2D eigenvalue weighted by molar-refractivity contribution is -0.137. The molecule has 1 heterocycles. The molecule has 0 aromatic heterocycles. The van der Waals surface area contributed by atoms with E-state index < -0.39 is 17.7 Å². The Bertz CT molecular complexity index is 1370. The molecular formula is C30H32F3N5O3. The summed E-state index contributed by atoms with van der Waals surface area (Å²) >= 11 is 0. The van der Waals surface area contributed by atoms with Crippen LogP contribution < -0.4 is 15.9 Å². The number of nitrogens with one attached hydrogen (secondary N) is 1. The topological polar surface area (TPSA) is 100 Å². The molecule has 3 aromatic rings. The van der Waals surface area contributed by atoms with Crippen molar-refractivity contribution in [3.63, 3.8) is 0 Å². The lowest BCUT2D eigenvalue weighted by Crippen LogP contribution is -2.49. The third-order valence-corrected chi connectivity index (χ3v) is 6.84. The largest absolute Gasteiger partial charge is 0.457 e. The van der Waals surface area contributed by atoms with E-state index in [1.165, 1.54) is 46.3 Å². The van der Waals surface area contributed by atoms with Crippen molar-refractivity contribution in [1.29, 1.82) is 0 Å². The molecule has 1 saturated heterocycles. The Balaban J connectivity index is 1.41. The third-order valence-electron chi connectivity index (χ3n) is 6.84. The van der Waals surface area contributed by atoms with E-state index in [9.17, 15) is 22.8 Å². The number of nitrogens with zero attached hydrogens (tertiary/aromatic N) is 3. The van der Waals surface area contributed by atoms with E-state index in [2.05, 4.69) is 10.3 Å². The van der Waals surface area contributed by atoms with Crippen molar-refractivity contribution in [2.24, 2.45) is 16.8 Å². The van der Waals surface area contributed by atoms with Crippen LogP contribution in [0.3, 0.4) is 0 Å². The van der Waals surface area contributed by atoms with E-state index in [1.807, 2.05) is 0 Å². The summed E-state index contributed by atoms with van der Waals surface area (Å²) in [7, 11) is 1.61. The number of hydrogen-bond acceptors (Lipinski definition) is 6. The Kier molecular flexibility index (Phi) is 10.1. The van der Waals surface area contributed by atoms with Crippen LogP contribution in [0.5, 0.6) is 11.5 Å². The number of hydrogen-bond donors (Lipinski definition) is 2. The van der Waals surface area contributed by atoms with E-state index in [-0.39, 0.29) is 36.6 Å². The lowest BCUT2D eigenvalue weighted by Gasteiger charge is -2.26. The van der Waals surface area contributed by atoms with Crippen LogP contribution in [0.1, 0.15) is 18.4 Å². The molecule has 41 heavy (non-hydrogen) atoms. The van der Waals surface area contributed by atoms with Crippen LogP contribution in [0.15, 0.2) is 71.7 Å². The molecule has 2 amide bonds. The van der Waals surface area contributed by atoms with E-state index in [0.717, 1.165) is 6.07 Å². The fraction of sp³-hybridized carbons (Fsp3) is 0.300. The second-order valence-corrected chi connectivity index (χ2v) is 9.89. The van der Waals surface area contributed by atoms with E-state index in [1.54, 1.807) is 37.5 Å². The number of ether oxygens (including phenoxy) is 1. The van der Waals surface area contributed by atoms with Crippen LogP contribution >= 0.6 is 0 Å². The van der Waals surface area contributed by atoms with Gasteiger partial charge in [-0.05, 0) is 91.4 Å². The Labute approximate surface area is 236 Å². The number of likely N-dealkylation sites (tertiary alicyclic amines) is 1. The van der Waals surface area contributed by atoms with Gasteiger partial charge in [0, 0.05) is 32.0 Å². The molecule has 4 rings (SSSR count). The normalized spacial score (nSPS) is 16.9. The highest BCUT2D eigenvalue weighted by atomic mass is 19.2. The van der Waals surface area contributed by atoms with E-state index in [0.29, 0.717) is 48.6 Å². The lowest BCUT2D eigenvalue weighted by atomic mass is 9.96. The van der Waals surface area contributed by atoms with Gasteiger partial charge in [0.25, 0.3) is 0 Å². The van der Waals surface area contributed by atoms with Crippen molar-refractivity contribution in [3.8, 4) is 11.5 Å². The molecule has 2 atom stereocenters. The molecule has 0 saturated carbocycles. The summed E-state index contributed by atoms with van der Waals surface area (Å²) in [5.41, 5.74) is 1.16. The van der Waals surface area contributed by atoms with Crippen molar-refractivity contribution in [1.82, 2.24) is 9.91 Å². The molecular weight excluding hydrogens is 535 g/mol. The third kappa shape index (κ3) is 8.38. The SMILES string of the molecule is CN=CCN(N)CC(=O)N1CC(CCc2ccc(F)c(F)c2)CC1C(=O)Nc1ccc(Oc2ccc(F)cc2)cc1. The zero-order valence-corrected chi connectivity index (χ0v) is 22.6. The summed E-state index contributed by atoms with van der Waals surface area (Å²) < 4.78 is 45.8. The van der Waals surface area contributed by atoms with Gasteiger partial charge in [0.2, 0.25) is 11.8 Å². The van der Waals surface area contributed by atoms with Gasteiger partial charge < -0.3 is 15.0 Å². The van der Waals surface area contributed by atoms with Crippen molar-refractivity contribution < 1.29 is 27.5 Å². The summed E-state index contributed by atoms with van der Waals surface area (Å²) in [4.78, 5) is 31.9. The molecule has 1 aliphatic heterocycles. The monoisotopic (exact) mass is 567 g/mol. The quantitative estimate of drug-likeness (QED) is 0.201. The zero-order chi connectivity index (χ0) is 29.4. The minimum atomic E-state index is -0.907. The minimum Gasteiger partial charge on any atom is -0.457 e. The van der Waals surface area contributed by atoms with Crippen molar-refractivity contribution in [2.75, 3.05) is 32.0 Å². The molecule has 216 valence electrons. The summed E-state index contributed by atoms with van der Waals surface area (Å²) in [5.74, 6) is 4.07. The smallest absolute Gasteiger partial charge is 0.247 e. The maximum Gasteiger partial charge on any atom is 0.247 e. The number of carbonyl (C=O) groups excluding carboxylic acids is 2. The van der Waals surface area contributed by atoms with Crippen LogP contribution in [0, 0.1) is 23.4 Å². The average molecular weight is 568 g/mol. The zero-order valence-electron chi connectivity index (χ0n) is 22.6. The van der Waals surface area contributed by atoms with Gasteiger partial charge in [-0.1, -0.05) is 6.07 Å². The van der Waals surface area contributed by atoms with Crippen LogP contribution in [-0.2, 0) is 16.0 Å². The summed E-state index contributed by atoms with van der Waals surface area (Å²) in [6.07, 6.45) is 3.05. The van der Waals surface area contributed by atoms with E-state index in [4.69, 9.17) is 10.6 Å². The highest BCUT2D eigenvalue weighted by molar-refractivity contribution is 5.97. The second kappa shape index (κ2) is 13.9. The molecule has 3 aromatic carbocycles. The van der Waals surface area contributed by atoms with Crippen molar-refractivity contribution >= 4 is 23.7 Å². The first kappa shape index (κ1) is 29.8. The first-order valence-corrected chi connectivity index (χ1v) is 13.2. The van der Waals surface area contributed by atoms with Gasteiger partial charge in [0.05, 0.1) is 6.54 Å². The fourth-order valence-corrected chi connectivity index (χ4v) is 4.71. The summed E-state index contributed by atoms with van der Waals surface area (Å²) in [6, 6.07) is 15.4. The molecule has 11 heteroatoms. The number of anilines is 1. The number of rotatable bonds is 11. The molecule has 0 radical (unpaired) electrons. The van der Waals surface area contributed by atoms with Crippen LogP contribution in [0.4, 0.5) is 18.9 Å². The average Bonchev–Trinajstić information content (AvgIpc) is 3.40. The van der Waals surface area contributed by atoms with Gasteiger partial charge in [-0.3, -0.25) is 20.4 Å². The number of benzene rings is 3. The van der Waals surface area contributed by atoms with Gasteiger partial charge in [0.1, 0.15) is 23.4 Å².